The Morgan fingerprint density at radius 2 is 2.00 bits per heavy atom. The summed E-state index contributed by atoms with van der Waals surface area (Å²) in [6.07, 6.45) is 2.45. The van der Waals surface area contributed by atoms with Crippen molar-refractivity contribution in [3.05, 3.63) is 17.8 Å². The van der Waals surface area contributed by atoms with Crippen molar-refractivity contribution in [1.82, 2.24) is 9.88 Å². The number of rotatable bonds is 3. The van der Waals surface area contributed by atoms with Gasteiger partial charge in [-0.3, -0.25) is 4.79 Å². The van der Waals surface area contributed by atoms with E-state index in [2.05, 4.69) is 29.8 Å². The largest absolute Gasteiger partial charge is 0.383 e. The molecule has 1 saturated heterocycles. The molecule has 0 unspecified atom stereocenters. The summed E-state index contributed by atoms with van der Waals surface area (Å²) < 4.78 is 0. The van der Waals surface area contributed by atoms with E-state index < -0.39 is 0 Å². The molecular formula is C15H24N4O. The number of piperazine rings is 1. The van der Waals surface area contributed by atoms with E-state index in [0.29, 0.717) is 18.2 Å². The van der Waals surface area contributed by atoms with Gasteiger partial charge in [0.2, 0.25) is 5.91 Å². The van der Waals surface area contributed by atoms with Crippen LogP contribution in [-0.2, 0) is 4.79 Å². The van der Waals surface area contributed by atoms with Crippen LogP contribution in [0, 0.1) is 12.8 Å². The number of hydrogen-bond acceptors (Lipinski definition) is 4. The molecule has 1 aliphatic rings. The number of nitrogens with zero attached hydrogens (tertiary/aromatic N) is 3. The number of aromatic nitrogens is 1. The number of carbonyl (C=O) groups is 1. The highest BCUT2D eigenvalue weighted by Crippen LogP contribution is 2.20. The summed E-state index contributed by atoms with van der Waals surface area (Å²) in [5.41, 5.74) is 7.84. The van der Waals surface area contributed by atoms with Crippen molar-refractivity contribution in [2.24, 2.45) is 5.92 Å². The van der Waals surface area contributed by atoms with Gasteiger partial charge in [-0.1, -0.05) is 13.8 Å². The Balaban J connectivity index is 1.94. The zero-order valence-electron chi connectivity index (χ0n) is 12.6. The third-order valence-electron chi connectivity index (χ3n) is 3.68. The van der Waals surface area contributed by atoms with Crippen LogP contribution < -0.4 is 10.6 Å². The molecule has 0 aromatic carbocycles. The minimum atomic E-state index is 0.270. The Bertz CT molecular complexity index is 479. The van der Waals surface area contributed by atoms with E-state index in [1.165, 1.54) is 0 Å². The number of hydrogen-bond donors (Lipinski definition) is 1. The first-order valence-corrected chi connectivity index (χ1v) is 7.22. The van der Waals surface area contributed by atoms with Crippen LogP contribution in [0.5, 0.6) is 0 Å². The number of nitrogen functional groups attached to an aromatic ring is 1. The van der Waals surface area contributed by atoms with E-state index in [-0.39, 0.29) is 5.91 Å². The fourth-order valence-corrected chi connectivity index (χ4v) is 2.44. The number of carbonyl (C=O) groups excluding carboxylic acids is 1. The number of nitrogens with two attached hydrogens (primary N) is 1. The van der Waals surface area contributed by atoms with Gasteiger partial charge in [0.05, 0.1) is 11.9 Å². The molecule has 0 bridgehead atoms. The molecule has 1 aromatic heterocycles. The molecule has 2 rings (SSSR count). The minimum Gasteiger partial charge on any atom is -0.383 e. The molecule has 1 amide bonds. The van der Waals surface area contributed by atoms with Gasteiger partial charge < -0.3 is 15.5 Å². The lowest BCUT2D eigenvalue weighted by atomic mass is 10.1. The van der Waals surface area contributed by atoms with E-state index in [4.69, 9.17) is 5.73 Å². The Morgan fingerprint density at radius 1 is 1.35 bits per heavy atom. The van der Waals surface area contributed by atoms with Gasteiger partial charge in [-0.25, -0.2) is 4.98 Å². The standard InChI is InChI=1S/C15H24N4O/c1-11(2)8-14(20)19-6-4-18(5-7-19)13-9-12(3)15(16)17-10-13/h9-11H,4-8H2,1-3H3,(H2,16,17). The van der Waals surface area contributed by atoms with Gasteiger partial charge in [-0.15, -0.1) is 0 Å². The molecule has 0 radical (unpaired) electrons. The van der Waals surface area contributed by atoms with Crippen LogP contribution in [0.25, 0.3) is 0 Å². The highest BCUT2D eigenvalue weighted by Gasteiger charge is 2.21. The molecule has 20 heavy (non-hydrogen) atoms. The van der Waals surface area contributed by atoms with Crippen molar-refractivity contribution in [2.45, 2.75) is 27.2 Å². The van der Waals surface area contributed by atoms with Crippen LogP contribution in [-0.4, -0.2) is 42.0 Å². The van der Waals surface area contributed by atoms with Crippen LogP contribution >= 0.6 is 0 Å². The summed E-state index contributed by atoms with van der Waals surface area (Å²) in [6.45, 7) is 9.41. The summed E-state index contributed by atoms with van der Waals surface area (Å²) in [7, 11) is 0. The second-order valence-corrected chi connectivity index (χ2v) is 5.86. The first-order valence-electron chi connectivity index (χ1n) is 7.22. The monoisotopic (exact) mass is 276 g/mol. The van der Waals surface area contributed by atoms with Crippen molar-refractivity contribution in [3.63, 3.8) is 0 Å². The molecule has 0 aliphatic carbocycles. The summed E-state index contributed by atoms with van der Waals surface area (Å²) >= 11 is 0. The normalized spacial score (nSPS) is 15.8. The predicted molar refractivity (Wildman–Crippen MR) is 81.6 cm³/mol. The molecule has 110 valence electrons. The lowest BCUT2D eigenvalue weighted by molar-refractivity contribution is -0.132. The summed E-state index contributed by atoms with van der Waals surface area (Å²) in [4.78, 5) is 20.5. The molecule has 2 heterocycles. The second-order valence-electron chi connectivity index (χ2n) is 5.86. The van der Waals surface area contributed by atoms with Crippen molar-refractivity contribution < 1.29 is 4.79 Å². The average Bonchev–Trinajstić information content (AvgIpc) is 2.41. The first-order chi connectivity index (χ1) is 9.47. The maximum Gasteiger partial charge on any atom is 0.222 e. The van der Waals surface area contributed by atoms with Gasteiger partial charge in [0.25, 0.3) is 0 Å². The quantitative estimate of drug-likeness (QED) is 0.912. The summed E-state index contributed by atoms with van der Waals surface area (Å²) in [6, 6.07) is 2.06. The fraction of sp³-hybridized carbons (Fsp3) is 0.600. The molecule has 5 nitrogen and oxygen atoms in total. The molecule has 0 atom stereocenters. The van der Waals surface area contributed by atoms with Crippen LogP contribution in [0.4, 0.5) is 11.5 Å². The predicted octanol–water partition coefficient (Wildman–Crippen LogP) is 1.67. The topological polar surface area (TPSA) is 62.5 Å². The molecule has 1 aromatic rings. The Hall–Kier alpha value is -1.78. The molecule has 1 fully saturated rings. The summed E-state index contributed by atoms with van der Waals surface area (Å²) in [5, 5.41) is 0. The van der Waals surface area contributed by atoms with E-state index in [9.17, 15) is 4.79 Å². The third kappa shape index (κ3) is 3.40. The Labute approximate surface area is 120 Å². The van der Waals surface area contributed by atoms with Crippen LogP contribution in [0.1, 0.15) is 25.8 Å². The number of aryl methyl sites for hydroxylation is 1. The maximum atomic E-state index is 12.0. The number of amides is 1. The Morgan fingerprint density at radius 3 is 2.55 bits per heavy atom. The molecule has 0 spiro atoms. The van der Waals surface area contributed by atoms with Crippen molar-refractivity contribution in [3.8, 4) is 0 Å². The molecular weight excluding hydrogens is 252 g/mol. The maximum absolute atomic E-state index is 12.0. The Kier molecular flexibility index (Phi) is 4.47. The molecule has 1 aliphatic heterocycles. The summed E-state index contributed by atoms with van der Waals surface area (Å²) in [5.74, 6) is 1.27. The molecule has 5 heteroatoms. The van der Waals surface area contributed by atoms with E-state index >= 15 is 0 Å². The van der Waals surface area contributed by atoms with Gasteiger partial charge in [0.1, 0.15) is 5.82 Å². The lowest BCUT2D eigenvalue weighted by Gasteiger charge is -2.36. The highest BCUT2D eigenvalue weighted by atomic mass is 16.2. The van der Waals surface area contributed by atoms with Crippen molar-refractivity contribution >= 4 is 17.4 Å². The third-order valence-corrected chi connectivity index (χ3v) is 3.68. The zero-order valence-corrected chi connectivity index (χ0v) is 12.6. The van der Waals surface area contributed by atoms with Gasteiger partial charge in [0.15, 0.2) is 0 Å². The van der Waals surface area contributed by atoms with Gasteiger partial charge >= 0.3 is 0 Å². The number of anilines is 2. The van der Waals surface area contributed by atoms with E-state index in [0.717, 1.165) is 37.4 Å². The average molecular weight is 276 g/mol. The lowest BCUT2D eigenvalue weighted by Crippen LogP contribution is -2.49. The van der Waals surface area contributed by atoms with Gasteiger partial charge in [0, 0.05) is 32.6 Å². The molecule has 0 saturated carbocycles. The van der Waals surface area contributed by atoms with Crippen LogP contribution in [0.3, 0.4) is 0 Å². The van der Waals surface area contributed by atoms with Gasteiger partial charge in [-0.05, 0) is 24.5 Å². The molecule has 2 N–H and O–H groups in total. The number of pyridine rings is 1. The minimum absolute atomic E-state index is 0.270. The van der Waals surface area contributed by atoms with Crippen molar-refractivity contribution in [2.75, 3.05) is 36.8 Å². The van der Waals surface area contributed by atoms with E-state index in [1.54, 1.807) is 0 Å². The first kappa shape index (κ1) is 14.6. The fourth-order valence-electron chi connectivity index (χ4n) is 2.44. The highest BCUT2D eigenvalue weighted by molar-refractivity contribution is 5.76. The van der Waals surface area contributed by atoms with Gasteiger partial charge in [-0.2, -0.15) is 0 Å². The zero-order chi connectivity index (χ0) is 14.7. The van der Waals surface area contributed by atoms with Crippen LogP contribution in [0.15, 0.2) is 12.3 Å². The smallest absolute Gasteiger partial charge is 0.222 e. The van der Waals surface area contributed by atoms with E-state index in [1.807, 2.05) is 18.0 Å². The van der Waals surface area contributed by atoms with Crippen LogP contribution in [0.2, 0.25) is 0 Å². The SMILES string of the molecule is Cc1cc(N2CCN(C(=O)CC(C)C)CC2)cnc1N. The van der Waals surface area contributed by atoms with Crippen molar-refractivity contribution in [1.29, 1.82) is 0 Å². The second kappa shape index (κ2) is 6.11.